The Labute approximate surface area is 125 Å². The van der Waals surface area contributed by atoms with Gasteiger partial charge in [-0.3, -0.25) is 0 Å². The normalized spacial score (nSPS) is 10.6. The maximum Gasteiger partial charge on any atom is 0.258 e. The minimum atomic E-state index is -0.998. The van der Waals surface area contributed by atoms with Crippen LogP contribution in [-0.2, 0) is 0 Å². The highest BCUT2D eigenvalue weighted by Gasteiger charge is 2.14. The van der Waals surface area contributed by atoms with Gasteiger partial charge >= 0.3 is 0 Å². The SMILES string of the molecule is Nc1nc(Oc2cc(Cl)c(Br)cc2Cl)c(F)cc1F. The average molecular weight is 370 g/mol. The van der Waals surface area contributed by atoms with E-state index in [-0.39, 0.29) is 10.8 Å². The van der Waals surface area contributed by atoms with Crippen LogP contribution in [0.25, 0.3) is 0 Å². The van der Waals surface area contributed by atoms with E-state index in [1.165, 1.54) is 12.1 Å². The standard InChI is InChI=1S/C11H5BrCl2F2N2O/c12-4-1-6(14)9(2-5(4)13)19-11-8(16)3-7(15)10(17)18-11/h1-3H,(H2,17,18). The number of nitrogens with two attached hydrogens (primary N) is 1. The fourth-order valence-electron chi connectivity index (χ4n) is 1.22. The van der Waals surface area contributed by atoms with E-state index in [9.17, 15) is 8.78 Å². The van der Waals surface area contributed by atoms with Crippen molar-refractivity contribution in [3.63, 3.8) is 0 Å². The largest absolute Gasteiger partial charge is 0.435 e. The highest BCUT2D eigenvalue weighted by Crippen LogP contribution is 2.36. The summed E-state index contributed by atoms with van der Waals surface area (Å²) in [5.74, 6) is -2.85. The summed E-state index contributed by atoms with van der Waals surface area (Å²) in [6, 6.07) is 3.42. The maximum absolute atomic E-state index is 13.5. The number of rotatable bonds is 2. The van der Waals surface area contributed by atoms with Gasteiger partial charge in [0.05, 0.1) is 10.0 Å². The molecule has 0 aliphatic heterocycles. The van der Waals surface area contributed by atoms with Crippen molar-refractivity contribution >= 4 is 44.9 Å². The minimum absolute atomic E-state index is 0.0762. The molecule has 0 radical (unpaired) electrons. The van der Waals surface area contributed by atoms with Crippen molar-refractivity contribution < 1.29 is 13.5 Å². The second-order valence-corrected chi connectivity index (χ2v) is 5.11. The monoisotopic (exact) mass is 368 g/mol. The zero-order chi connectivity index (χ0) is 14.2. The molecule has 3 nitrogen and oxygen atoms in total. The van der Waals surface area contributed by atoms with Crippen LogP contribution in [0.4, 0.5) is 14.6 Å². The Kier molecular flexibility index (Phi) is 4.13. The van der Waals surface area contributed by atoms with Gasteiger partial charge in [0.25, 0.3) is 5.88 Å². The maximum atomic E-state index is 13.5. The Hall–Kier alpha value is -1.11. The molecule has 2 aromatic rings. The van der Waals surface area contributed by atoms with Gasteiger partial charge < -0.3 is 10.5 Å². The number of nitrogen functional groups attached to an aromatic ring is 1. The zero-order valence-corrected chi connectivity index (χ0v) is 12.2. The topological polar surface area (TPSA) is 48.1 Å². The van der Waals surface area contributed by atoms with Crippen LogP contribution in [0.15, 0.2) is 22.7 Å². The molecule has 0 aliphatic rings. The highest BCUT2D eigenvalue weighted by atomic mass is 79.9. The van der Waals surface area contributed by atoms with Gasteiger partial charge in [0.15, 0.2) is 17.5 Å². The van der Waals surface area contributed by atoms with E-state index in [0.717, 1.165) is 0 Å². The number of ether oxygens (including phenoxy) is 1. The van der Waals surface area contributed by atoms with E-state index in [0.29, 0.717) is 15.6 Å². The third-order valence-electron chi connectivity index (χ3n) is 2.11. The van der Waals surface area contributed by atoms with Crippen LogP contribution in [-0.4, -0.2) is 4.98 Å². The molecule has 1 aromatic heterocycles. The number of anilines is 1. The number of benzene rings is 1. The predicted molar refractivity (Wildman–Crippen MR) is 72.8 cm³/mol. The third kappa shape index (κ3) is 3.08. The van der Waals surface area contributed by atoms with Crippen LogP contribution in [0.1, 0.15) is 0 Å². The van der Waals surface area contributed by atoms with Crippen LogP contribution in [0, 0.1) is 11.6 Å². The number of pyridine rings is 1. The van der Waals surface area contributed by atoms with E-state index in [4.69, 9.17) is 33.7 Å². The van der Waals surface area contributed by atoms with E-state index in [2.05, 4.69) is 20.9 Å². The Morgan fingerprint density at radius 1 is 1.11 bits per heavy atom. The first-order valence-electron chi connectivity index (χ1n) is 4.82. The van der Waals surface area contributed by atoms with Gasteiger partial charge in [-0.2, -0.15) is 4.98 Å². The molecule has 2 N–H and O–H groups in total. The molecule has 2 rings (SSSR count). The molecule has 100 valence electrons. The summed E-state index contributed by atoms with van der Waals surface area (Å²) >= 11 is 14.9. The molecule has 0 saturated heterocycles. The molecular weight excluding hydrogens is 365 g/mol. The summed E-state index contributed by atoms with van der Waals surface area (Å²) in [4.78, 5) is 3.45. The van der Waals surface area contributed by atoms with E-state index in [1.807, 2.05) is 0 Å². The molecule has 0 unspecified atom stereocenters. The Bertz CT molecular complexity index is 600. The van der Waals surface area contributed by atoms with Gasteiger partial charge in [-0.15, -0.1) is 0 Å². The first kappa shape index (κ1) is 14.3. The highest BCUT2D eigenvalue weighted by molar-refractivity contribution is 9.10. The van der Waals surface area contributed by atoms with Gasteiger partial charge in [0.1, 0.15) is 5.75 Å². The minimum Gasteiger partial charge on any atom is -0.435 e. The Morgan fingerprint density at radius 3 is 2.47 bits per heavy atom. The van der Waals surface area contributed by atoms with Crippen LogP contribution in [0.2, 0.25) is 10.0 Å². The molecule has 0 bridgehead atoms. The summed E-state index contributed by atoms with van der Waals surface area (Å²) in [6.07, 6.45) is 0. The van der Waals surface area contributed by atoms with Crippen LogP contribution in [0.3, 0.4) is 0 Å². The third-order valence-corrected chi connectivity index (χ3v) is 3.60. The van der Waals surface area contributed by atoms with Crippen molar-refractivity contribution in [2.45, 2.75) is 0 Å². The van der Waals surface area contributed by atoms with Crippen molar-refractivity contribution in [1.82, 2.24) is 4.98 Å². The van der Waals surface area contributed by atoms with E-state index in [1.54, 1.807) is 0 Å². The molecule has 0 saturated carbocycles. The first-order chi connectivity index (χ1) is 8.88. The number of hydrogen-bond acceptors (Lipinski definition) is 3. The van der Waals surface area contributed by atoms with Gasteiger partial charge in [0, 0.05) is 16.6 Å². The quantitative estimate of drug-likeness (QED) is 0.773. The lowest BCUT2D eigenvalue weighted by Gasteiger charge is -2.09. The molecule has 8 heteroatoms. The van der Waals surface area contributed by atoms with Crippen LogP contribution >= 0.6 is 39.1 Å². The number of nitrogens with zero attached hydrogens (tertiary/aromatic N) is 1. The van der Waals surface area contributed by atoms with E-state index < -0.39 is 23.3 Å². The summed E-state index contributed by atoms with van der Waals surface area (Å²) in [6.45, 7) is 0. The average Bonchev–Trinajstić information content (AvgIpc) is 2.32. The summed E-state index contributed by atoms with van der Waals surface area (Å²) in [7, 11) is 0. The molecule has 0 fully saturated rings. The molecule has 0 atom stereocenters. The van der Waals surface area contributed by atoms with Gasteiger partial charge in [-0.05, 0) is 22.0 Å². The van der Waals surface area contributed by atoms with Gasteiger partial charge in [0.2, 0.25) is 0 Å². The molecule has 1 heterocycles. The lowest BCUT2D eigenvalue weighted by molar-refractivity contribution is 0.418. The summed E-state index contributed by atoms with van der Waals surface area (Å²) < 4.78 is 32.1. The van der Waals surface area contributed by atoms with Gasteiger partial charge in [-0.25, -0.2) is 8.78 Å². The zero-order valence-electron chi connectivity index (χ0n) is 9.05. The summed E-state index contributed by atoms with van der Waals surface area (Å²) in [5.41, 5.74) is 5.24. The second-order valence-electron chi connectivity index (χ2n) is 3.44. The van der Waals surface area contributed by atoms with Gasteiger partial charge in [-0.1, -0.05) is 23.2 Å². The van der Waals surface area contributed by atoms with Crippen molar-refractivity contribution in [2.75, 3.05) is 5.73 Å². The number of halogens is 5. The molecule has 0 amide bonds. The van der Waals surface area contributed by atoms with E-state index >= 15 is 0 Å². The predicted octanol–water partition coefficient (Wildman–Crippen LogP) is 4.80. The summed E-state index contributed by atoms with van der Waals surface area (Å²) in [5, 5.41) is 0.496. The molecule has 1 aromatic carbocycles. The molecule has 0 aliphatic carbocycles. The fourth-order valence-corrected chi connectivity index (χ4v) is 2.05. The lowest BCUT2D eigenvalue weighted by atomic mass is 10.3. The first-order valence-corrected chi connectivity index (χ1v) is 6.37. The molecule has 19 heavy (non-hydrogen) atoms. The molecule has 0 spiro atoms. The molecular formula is C11H5BrCl2F2N2O. The van der Waals surface area contributed by atoms with Crippen molar-refractivity contribution in [3.05, 3.63) is 44.4 Å². The lowest BCUT2D eigenvalue weighted by Crippen LogP contribution is -2.00. The fraction of sp³-hybridized carbons (Fsp3) is 0. The Balaban J connectivity index is 2.42. The van der Waals surface area contributed by atoms with Crippen molar-refractivity contribution in [3.8, 4) is 11.6 Å². The number of hydrogen-bond donors (Lipinski definition) is 1. The van der Waals surface area contributed by atoms with Crippen molar-refractivity contribution in [1.29, 1.82) is 0 Å². The smallest absolute Gasteiger partial charge is 0.258 e. The second kappa shape index (κ2) is 5.48. The van der Waals surface area contributed by atoms with Crippen LogP contribution < -0.4 is 10.5 Å². The van der Waals surface area contributed by atoms with Crippen LogP contribution in [0.5, 0.6) is 11.6 Å². The van der Waals surface area contributed by atoms with Crippen molar-refractivity contribution in [2.24, 2.45) is 0 Å². The Morgan fingerprint density at radius 2 is 1.79 bits per heavy atom. The number of aromatic nitrogens is 1.